The SMILES string of the molecule is CCCCCn1c(SCC(=O)N(CC(C)C)[C@@H]2CCS(=O)(=O)C2)nc2ccccc21. The molecule has 1 aliphatic rings. The highest BCUT2D eigenvalue weighted by Gasteiger charge is 2.34. The third kappa shape index (κ3) is 5.78. The fourth-order valence-corrected chi connectivity index (χ4v) is 6.64. The molecule has 0 aliphatic carbocycles. The molecule has 3 rings (SSSR count). The van der Waals surface area contributed by atoms with E-state index in [1.807, 2.05) is 18.2 Å². The Morgan fingerprint density at radius 2 is 2.07 bits per heavy atom. The second-order valence-corrected chi connectivity index (χ2v) is 11.7. The van der Waals surface area contributed by atoms with E-state index >= 15 is 0 Å². The summed E-state index contributed by atoms with van der Waals surface area (Å²) < 4.78 is 26.1. The first kappa shape index (κ1) is 23.1. The Labute approximate surface area is 184 Å². The summed E-state index contributed by atoms with van der Waals surface area (Å²) in [4.78, 5) is 19.7. The Morgan fingerprint density at radius 3 is 2.73 bits per heavy atom. The number of aromatic nitrogens is 2. The zero-order chi connectivity index (χ0) is 21.7. The number of nitrogens with zero attached hydrogens (tertiary/aromatic N) is 3. The van der Waals surface area contributed by atoms with Crippen LogP contribution >= 0.6 is 11.8 Å². The molecule has 0 spiro atoms. The highest BCUT2D eigenvalue weighted by molar-refractivity contribution is 7.99. The third-order valence-corrected chi connectivity index (χ3v) is 8.17. The molecule has 2 heterocycles. The number of aryl methyl sites for hydroxylation is 1. The van der Waals surface area contributed by atoms with Crippen molar-refractivity contribution >= 4 is 38.5 Å². The van der Waals surface area contributed by atoms with Crippen molar-refractivity contribution < 1.29 is 13.2 Å². The molecule has 0 unspecified atom stereocenters. The van der Waals surface area contributed by atoms with Gasteiger partial charge in [0.15, 0.2) is 15.0 Å². The third-order valence-electron chi connectivity index (χ3n) is 5.46. The van der Waals surface area contributed by atoms with Crippen LogP contribution in [-0.4, -0.2) is 58.6 Å². The van der Waals surface area contributed by atoms with Crippen LogP contribution in [0.5, 0.6) is 0 Å². The molecule has 0 bridgehead atoms. The zero-order valence-corrected chi connectivity index (χ0v) is 19.8. The number of benzene rings is 1. The van der Waals surface area contributed by atoms with Gasteiger partial charge in [-0.05, 0) is 30.9 Å². The Morgan fingerprint density at radius 1 is 1.30 bits per heavy atom. The molecule has 1 aromatic carbocycles. The van der Waals surface area contributed by atoms with Crippen molar-refractivity contribution in [2.24, 2.45) is 5.92 Å². The van der Waals surface area contributed by atoms with E-state index in [0.29, 0.717) is 18.9 Å². The lowest BCUT2D eigenvalue weighted by atomic mass is 10.1. The summed E-state index contributed by atoms with van der Waals surface area (Å²) in [7, 11) is -3.03. The fourth-order valence-electron chi connectivity index (χ4n) is 3.98. The molecule has 30 heavy (non-hydrogen) atoms. The highest BCUT2D eigenvalue weighted by Crippen LogP contribution is 2.26. The van der Waals surface area contributed by atoms with Crippen LogP contribution in [0.1, 0.15) is 46.5 Å². The van der Waals surface area contributed by atoms with E-state index in [2.05, 4.69) is 31.4 Å². The molecule has 8 heteroatoms. The second-order valence-electron chi connectivity index (χ2n) is 8.53. The first-order valence-corrected chi connectivity index (χ1v) is 13.7. The summed E-state index contributed by atoms with van der Waals surface area (Å²) >= 11 is 1.46. The van der Waals surface area contributed by atoms with Crippen LogP contribution in [0, 0.1) is 5.92 Å². The number of amides is 1. The lowest BCUT2D eigenvalue weighted by molar-refractivity contribution is -0.130. The second kappa shape index (κ2) is 10.2. The minimum Gasteiger partial charge on any atom is -0.338 e. The smallest absolute Gasteiger partial charge is 0.233 e. The lowest BCUT2D eigenvalue weighted by Crippen LogP contribution is -2.44. The number of imidazole rings is 1. The maximum absolute atomic E-state index is 13.1. The van der Waals surface area contributed by atoms with E-state index in [1.165, 1.54) is 11.8 Å². The van der Waals surface area contributed by atoms with Gasteiger partial charge in [-0.1, -0.05) is 57.5 Å². The zero-order valence-electron chi connectivity index (χ0n) is 18.2. The molecular formula is C22H33N3O3S2. The van der Waals surface area contributed by atoms with Gasteiger partial charge in [-0.2, -0.15) is 0 Å². The van der Waals surface area contributed by atoms with E-state index in [0.717, 1.165) is 42.0 Å². The molecule has 1 saturated heterocycles. The predicted octanol–water partition coefficient (Wildman–Crippen LogP) is 3.99. The Balaban J connectivity index is 1.74. The van der Waals surface area contributed by atoms with Crippen LogP contribution in [0.15, 0.2) is 29.4 Å². The first-order chi connectivity index (χ1) is 14.3. The summed E-state index contributed by atoms with van der Waals surface area (Å²) in [5, 5.41) is 0.865. The van der Waals surface area contributed by atoms with E-state index in [-0.39, 0.29) is 29.2 Å². The molecule has 2 aromatic rings. The molecule has 1 atom stereocenters. The molecule has 1 fully saturated rings. The summed E-state index contributed by atoms with van der Waals surface area (Å²) in [6.07, 6.45) is 3.94. The van der Waals surface area contributed by atoms with E-state index < -0.39 is 9.84 Å². The number of fused-ring (bicyclic) bond motifs is 1. The Kier molecular flexibility index (Phi) is 7.85. The van der Waals surface area contributed by atoms with Crippen molar-refractivity contribution in [3.63, 3.8) is 0 Å². The van der Waals surface area contributed by atoms with Gasteiger partial charge in [-0.3, -0.25) is 4.79 Å². The number of carbonyl (C=O) groups excluding carboxylic acids is 1. The van der Waals surface area contributed by atoms with Gasteiger partial charge in [0.2, 0.25) is 5.91 Å². The Bertz CT molecular complexity index is 969. The summed E-state index contributed by atoms with van der Waals surface area (Å²) in [6.45, 7) is 7.79. The fraction of sp³-hybridized carbons (Fsp3) is 0.636. The van der Waals surface area contributed by atoms with Crippen LogP contribution in [0.25, 0.3) is 11.0 Å². The molecular weight excluding hydrogens is 418 g/mol. The van der Waals surface area contributed by atoms with Gasteiger partial charge < -0.3 is 9.47 Å². The topological polar surface area (TPSA) is 72.3 Å². The minimum absolute atomic E-state index is 0.00274. The monoisotopic (exact) mass is 451 g/mol. The molecule has 1 amide bonds. The molecule has 1 aromatic heterocycles. The number of sulfone groups is 1. The molecule has 1 aliphatic heterocycles. The maximum Gasteiger partial charge on any atom is 0.233 e. The molecule has 6 nitrogen and oxygen atoms in total. The van der Waals surface area contributed by atoms with E-state index in [1.54, 1.807) is 4.90 Å². The van der Waals surface area contributed by atoms with Crippen LogP contribution in [0.3, 0.4) is 0 Å². The molecule has 0 N–H and O–H groups in total. The van der Waals surface area contributed by atoms with Gasteiger partial charge in [0.25, 0.3) is 0 Å². The number of rotatable bonds is 10. The van der Waals surface area contributed by atoms with Crippen molar-refractivity contribution in [1.29, 1.82) is 0 Å². The molecule has 166 valence electrons. The largest absolute Gasteiger partial charge is 0.338 e. The summed E-state index contributed by atoms with van der Waals surface area (Å²) in [5.74, 6) is 0.843. The lowest BCUT2D eigenvalue weighted by Gasteiger charge is -2.30. The van der Waals surface area contributed by atoms with E-state index in [4.69, 9.17) is 4.98 Å². The average Bonchev–Trinajstić information content (AvgIpc) is 3.24. The number of carbonyl (C=O) groups is 1. The number of unbranched alkanes of at least 4 members (excludes halogenated alkanes) is 2. The quantitative estimate of drug-likeness (QED) is 0.403. The summed E-state index contributed by atoms with van der Waals surface area (Å²) in [6, 6.07) is 7.88. The van der Waals surface area contributed by atoms with Crippen molar-refractivity contribution in [3.8, 4) is 0 Å². The van der Waals surface area contributed by atoms with Gasteiger partial charge >= 0.3 is 0 Å². The van der Waals surface area contributed by atoms with Gasteiger partial charge in [0.05, 0.1) is 28.3 Å². The van der Waals surface area contributed by atoms with E-state index in [9.17, 15) is 13.2 Å². The number of hydrogen-bond donors (Lipinski definition) is 0. The highest BCUT2D eigenvalue weighted by atomic mass is 32.2. The van der Waals surface area contributed by atoms with Crippen LogP contribution in [0.4, 0.5) is 0 Å². The number of para-hydroxylation sites is 2. The molecule has 0 radical (unpaired) electrons. The number of thioether (sulfide) groups is 1. The van der Waals surface area contributed by atoms with Gasteiger partial charge in [-0.25, -0.2) is 13.4 Å². The summed E-state index contributed by atoms with van der Waals surface area (Å²) in [5.41, 5.74) is 2.05. The standard InChI is InChI=1S/C22H33N3O3S2/c1-4-5-8-12-24-20-10-7-6-9-19(20)23-22(24)29-15-21(26)25(14-17(2)3)18-11-13-30(27,28)16-18/h6-7,9-10,17-18H,4-5,8,11-16H2,1-3H3/t18-/m1/s1. The maximum atomic E-state index is 13.1. The average molecular weight is 452 g/mol. The first-order valence-electron chi connectivity index (χ1n) is 10.9. The Hall–Kier alpha value is -1.54. The van der Waals surface area contributed by atoms with Crippen molar-refractivity contribution in [3.05, 3.63) is 24.3 Å². The van der Waals surface area contributed by atoms with Crippen molar-refractivity contribution in [2.75, 3.05) is 23.8 Å². The normalized spacial score (nSPS) is 18.3. The van der Waals surface area contributed by atoms with Gasteiger partial charge in [-0.15, -0.1) is 0 Å². The minimum atomic E-state index is -3.03. The number of hydrogen-bond acceptors (Lipinski definition) is 5. The van der Waals surface area contributed by atoms with Crippen molar-refractivity contribution in [1.82, 2.24) is 14.5 Å². The van der Waals surface area contributed by atoms with Crippen LogP contribution in [0.2, 0.25) is 0 Å². The van der Waals surface area contributed by atoms with Crippen LogP contribution in [-0.2, 0) is 21.2 Å². The van der Waals surface area contributed by atoms with Crippen LogP contribution < -0.4 is 0 Å². The van der Waals surface area contributed by atoms with Crippen molar-refractivity contribution in [2.45, 2.75) is 64.2 Å². The predicted molar refractivity (Wildman–Crippen MR) is 124 cm³/mol. The van der Waals surface area contributed by atoms with Gasteiger partial charge in [0, 0.05) is 19.1 Å². The van der Waals surface area contributed by atoms with Gasteiger partial charge in [0.1, 0.15) is 0 Å². The molecule has 0 saturated carbocycles.